The van der Waals surface area contributed by atoms with Crippen molar-refractivity contribution in [1.29, 1.82) is 0 Å². The SMILES string of the molecule is Cc1c2c(c(OCC(O)CO)c3ccc(CN4CCC4)cc13)CC1CC3C(N(C)C)c4onc(OCc5ccccc5)c4C(=O)C34CC4=C1C2=O. The number of ketones is 2. The number of carbonyl (C=O) groups excluding carboxylic acids is 2. The van der Waals surface area contributed by atoms with Gasteiger partial charge in [0.2, 0.25) is 0 Å². The van der Waals surface area contributed by atoms with Gasteiger partial charge in [0.25, 0.3) is 5.88 Å². The van der Waals surface area contributed by atoms with Crippen molar-refractivity contribution in [2.75, 3.05) is 40.4 Å². The second-order valence-electron chi connectivity index (χ2n) is 15.3. The van der Waals surface area contributed by atoms with Crippen LogP contribution in [0.5, 0.6) is 11.6 Å². The van der Waals surface area contributed by atoms with Gasteiger partial charge >= 0.3 is 0 Å². The molecule has 4 aromatic rings. The molecule has 0 radical (unpaired) electrons. The molecule has 4 aliphatic carbocycles. The maximum atomic E-state index is 14.9. The Morgan fingerprint density at radius 1 is 1.06 bits per heavy atom. The Kier molecular flexibility index (Phi) is 7.74. The van der Waals surface area contributed by atoms with Gasteiger partial charge in [0, 0.05) is 28.6 Å². The molecule has 51 heavy (non-hydrogen) atoms. The number of Topliss-reactive ketones (excluding diaryl/α,β-unsaturated/α-hetero) is 2. The number of benzene rings is 3. The maximum absolute atomic E-state index is 14.9. The summed E-state index contributed by atoms with van der Waals surface area (Å²) in [6.45, 7) is 4.78. The van der Waals surface area contributed by atoms with E-state index in [-0.39, 0.29) is 48.5 Å². The van der Waals surface area contributed by atoms with Crippen LogP contribution in [0.2, 0.25) is 0 Å². The van der Waals surface area contributed by atoms with Crippen LogP contribution in [0, 0.1) is 24.2 Å². The molecule has 2 N–H and O–H groups in total. The minimum atomic E-state index is -1.05. The number of aliphatic hydroxyl groups excluding tert-OH is 2. The smallest absolute Gasteiger partial charge is 0.265 e. The summed E-state index contributed by atoms with van der Waals surface area (Å²) in [5.74, 6) is 1.03. The van der Waals surface area contributed by atoms with Crippen molar-refractivity contribution in [3.63, 3.8) is 0 Å². The van der Waals surface area contributed by atoms with E-state index in [1.165, 1.54) is 12.0 Å². The summed E-state index contributed by atoms with van der Waals surface area (Å²) < 4.78 is 18.4. The van der Waals surface area contributed by atoms with E-state index in [1.807, 2.05) is 51.4 Å². The van der Waals surface area contributed by atoms with E-state index < -0.39 is 18.1 Å². The lowest BCUT2D eigenvalue weighted by Gasteiger charge is -2.44. The summed E-state index contributed by atoms with van der Waals surface area (Å²) in [5, 5.41) is 26.0. The van der Waals surface area contributed by atoms with Crippen LogP contribution >= 0.6 is 0 Å². The van der Waals surface area contributed by atoms with E-state index in [2.05, 4.69) is 33.2 Å². The van der Waals surface area contributed by atoms with Gasteiger partial charge in [0.05, 0.1) is 18.1 Å². The molecule has 2 fully saturated rings. The Morgan fingerprint density at radius 2 is 1.86 bits per heavy atom. The molecule has 1 aliphatic heterocycles. The highest BCUT2D eigenvalue weighted by molar-refractivity contribution is 6.19. The molecule has 9 rings (SSSR count). The molecule has 10 nitrogen and oxygen atoms in total. The zero-order valence-electron chi connectivity index (χ0n) is 29.3. The van der Waals surface area contributed by atoms with Gasteiger partial charge in [0.1, 0.15) is 30.6 Å². The monoisotopic (exact) mass is 689 g/mol. The summed E-state index contributed by atoms with van der Waals surface area (Å²) in [7, 11) is 4.00. The molecule has 264 valence electrons. The van der Waals surface area contributed by atoms with Gasteiger partial charge in [0.15, 0.2) is 17.3 Å². The first-order valence-electron chi connectivity index (χ1n) is 18.1. The predicted molar refractivity (Wildman–Crippen MR) is 189 cm³/mol. The van der Waals surface area contributed by atoms with Crippen LogP contribution in [-0.4, -0.2) is 83.2 Å². The number of rotatable bonds is 10. The third-order valence-corrected chi connectivity index (χ3v) is 12.1. The van der Waals surface area contributed by atoms with E-state index >= 15 is 0 Å². The van der Waals surface area contributed by atoms with Crippen molar-refractivity contribution in [3.05, 3.63) is 98.8 Å². The molecule has 10 heteroatoms. The number of fused-ring (bicyclic) bond motifs is 4. The van der Waals surface area contributed by atoms with Gasteiger partial charge in [-0.1, -0.05) is 42.5 Å². The Morgan fingerprint density at radius 3 is 2.59 bits per heavy atom. The molecule has 1 spiro atoms. The van der Waals surface area contributed by atoms with E-state index in [4.69, 9.17) is 14.0 Å². The minimum absolute atomic E-state index is 0.0300. The third-order valence-electron chi connectivity index (χ3n) is 12.1. The quantitative estimate of drug-likeness (QED) is 0.229. The number of allylic oxidation sites excluding steroid dienone is 2. The summed E-state index contributed by atoms with van der Waals surface area (Å²) in [6.07, 6.45) is 1.90. The molecule has 5 atom stereocenters. The van der Waals surface area contributed by atoms with E-state index in [1.54, 1.807) is 0 Å². The molecular weight excluding hydrogens is 646 g/mol. The van der Waals surface area contributed by atoms with Crippen molar-refractivity contribution in [1.82, 2.24) is 15.0 Å². The van der Waals surface area contributed by atoms with Crippen molar-refractivity contribution in [2.24, 2.45) is 17.3 Å². The van der Waals surface area contributed by atoms with Gasteiger partial charge in [-0.05, 0) is 111 Å². The van der Waals surface area contributed by atoms with Gasteiger partial charge in [-0.2, -0.15) is 0 Å². The second kappa shape index (κ2) is 12.1. The Balaban J connectivity index is 1.14. The van der Waals surface area contributed by atoms with Crippen LogP contribution < -0.4 is 9.47 Å². The van der Waals surface area contributed by atoms with Crippen molar-refractivity contribution < 1.29 is 33.8 Å². The number of aromatic nitrogens is 1. The number of nitrogens with zero attached hydrogens (tertiary/aromatic N) is 3. The van der Waals surface area contributed by atoms with Crippen LogP contribution in [0.3, 0.4) is 0 Å². The Labute approximate surface area is 296 Å². The average molecular weight is 690 g/mol. The molecule has 1 aromatic heterocycles. The zero-order valence-corrected chi connectivity index (χ0v) is 29.3. The molecule has 5 aliphatic rings. The number of hydrogen-bond acceptors (Lipinski definition) is 10. The highest BCUT2D eigenvalue weighted by atomic mass is 16.5. The van der Waals surface area contributed by atoms with Crippen LogP contribution in [-0.2, 0) is 19.6 Å². The first-order chi connectivity index (χ1) is 24.7. The fourth-order valence-corrected chi connectivity index (χ4v) is 9.53. The lowest BCUT2D eigenvalue weighted by molar-refractivity contribution is 0.0527. The van der Waals surface area contributed by atoms with E-state index in [0.29, 0.717) is 41.9 Å². The molecule has 2 heterocycles. The standard InChI is InChI=1S/C41H43N3O7/c1-22-28-14-24(18-44-12-7-13-44)10-11-27(28)37(49-21-26(46)19-45)29-15-25-16-30-35(43(2)3)38-34(40(42-51-38)50-20-23-8-5-4-6-9-23)39(48)41(30)17-31(41)33(25)36(47)32(22)29/h4-6,8-11,14,25-26,30,35,45-46H,7,12-13,15-21H2,1-3H3. The highest BCUT2D eigenvalue weighted by Gasteiger charge is 2.71. The van der Waals surface area contributed by atoms with Gasteiger partial charge in [-0.3, -0.25) is 19.4 Å². The normalized spacial score (nSPS) is 25.5. The molecular formula is C41H43N3O7. The van der Waals surface area contributed by atoms with Gasteiger partial charge in [-0.15, -0.1) is 0 Å². The second-order valence-corrected chi connectivity index (χ2v) is 15.3. The molecule has 0 bridgehead atoms. The fourth-order valence-electron chi connectivity index (χ4n) is 9.53. The third kappa shape index (κ3) is 4.94. The lowest BCUT2D eigenvalue weighted by atomic mass is 9.60. The van der Waals surface area contributed by atoms with Crippen LogP contribution in [0.1, 0.15) is 74.0 Å². The summed E-state index contributed by atoms with van der Waals surface area (Å²) in [5.41, 5.74) is 5.85. The first-order valence-corrected chi connectivity index (χ1v) is 18.1. The van der Waals surface area contributed by atoms with Crippen molar-refractivity contribution >= 4 is 22.3 Å². The molecule has 1 saturated heterocycles. The number of hydrogen-bond donors (Lipinski definition) is 2. The fraction of sp³-hybridized carbons (Fsp3) is 0.439. The minimum Gasteiger partial charge on any atom is -0.490 e. The topological polar surface area (TPSA) is 126 Å². The van der Waals surface area contributed by atoms with E-state index in [0.717, 1.165) is 58.2 Å². The molecule has 0 amide bonds. The number of ether oxygens (including phenoxy) is 2. The first kappa shape index (κ1) is 32.6. The van der Waals surface area contributed by atoms with Gasteiger partial charge < -0.3 is 24.2 Å². The van der Waals surface area contributed by atoms with Crippen molar-refractivity contribution in [2.45, 2.75) is 57.9 Å². The largest absolute Gasteiger partial charge is 0.490 e. The number of aryl methyl sites for hydroxylation is 1. The van der Waals surface area contributed by atoms with Gasteiger partial charge in [-0.25, -0.2) is 0 Å². The van der Waals surface area contributed by atoms with Crippen LogP contribution in [0.25, 0.3) is 10.8 Å². The molecule has 5 unspecified atom stereocenters. The van der Waals surface area contributed by atoms with Crippen LogP contribution in [0.4, 0.5) is 0 Å². The average Bonchev–Trinajstić information content (AvgIpc) is 3.73. The summed E-state index contributed by atoms with van der Waals surface area (Å²) in [6, 6.07) is 15.9. The summed E-state index contributed by atoms with van der Waals surface area (Å²) in [4.78, 5) is 34.2. The Bertz CT molecular complexity index is 2120. The zero-order chi connectivity index (χ0) is 35.2. The van der Waals surface area contributed by atoms with Crippen LogP contribution in [0.15, 0.2) is 64.2 Å². The van der Waals surface area contributed by atoms with Crippen molar-refractivity contribution in [3.8, 4) is 11.6 Å². The lowest BCUT2D eigenvalue weighted by Crippen LogP contribution is -2.46. The Hall–Kier alpha value is -4.35. The highest BCUT2D eigenvalue weighted by Crippen LogP contribution is 2.72. The molecule has 3 aromatic carbocycles. The summed E-state index contributed by atoms with van der Waals surface area (Å²) >= 11 is 0. The number of carbonyl (C=O) groups is 2. The number of likely N-dealkylation sites (tertiary alicyclic amines) is 1. The van der Waals surface area contributed by atoms with E-state index in [9.17, 15) is 19.8 Å². The predicted octanol–water partition coefficient (Wildman–Crippen LogP) is 5.21. The number of aliphatic hydroxyl groups is 2. The maximum Gasteiger partial charge on any atom is 0.265 e. The molecule has 1 saturated carbocycles.